The van der Waals surface area contributed by atoms with E-state index in [1.165, 1.54) is 15.7 Å². The molecule has 0 radical (unpaired) electrons. The molecule has 1 aliphatic heterocycles. The van der Waals surface area contributed by atoms with Gasteiger partial charge in [0.2, 0.25) is 0 Å². The van der Waals surface area contributed by atoms with Gasteiger partial charge in [-0.05, 0) is 37.5 Å². The molecule has 0 amide bonds. The van der Waals surface area contributed by atoms with E-state index in [9.17, 15) is 0 Å². The molecule has 1 fully saturated rings. The summed E-state index contributed by atoms with van der Waals surface area (Å²) in [4.78, 5) is 0. The van der Waals surface area contributed by atoms with E-state index >= 15 is 0 Å². The van der Waals surface area contributed by atoms with Crippen molar-refractivity contribution in [3.8, 4) is 0 Å². The van der Waals surface area contributed by atoms with Crippen LogP contribution in [0.1, 0.15) is 18.4 Å². The summed E-state index contributed by atoms with van der Waals surface area (Å²) in [6.07, 6.45) is 2.21. The highest BCUT2D eigenvalue weighted by Gasteiger charge is 2.13. The number of hydrogen-bond acceptors (Lipinski definition) is 2. The average Bonchev–Trinajstić information content (AvgIpc) is 2.25. The van der Waals surface area contributed by atoms with Crippen LogP contribution in [0.25, 0.3) is 0 Å². The normalized spacial score (nSPS) is 17.7. The van der Waals surface area contributed by atoms with E-state index in [-0.39, 0.29) is 0 Å². The van der Waals surface area contributed by atoms with E-state index in [1.807, 2.05) is 0 Å². The van der Waals surface area contributed by atoms with Crippen LogP contribution in [0.3, 0.4) is 0 Å². The Morgan fingerprint density at radius 3 is 2.73 bits per heavy atom. The van der Waals surface area contributed by atoms with E-state index in [2.05, 4.69) is 46.4 Å². The summed E-state index contributed by atoms with van der Waals surface area (Å²) < 4.78 is 6.50. The van der Waals surface area contributed by atoms with Crippen LogP contribution in [0.15, 0.2) is 22.7 Å². The number of nitrogens with one attached hydrogen (secondary N) is 1. The Morgan fingerprint density at radius 2 is 2.07 bits per heavy atom. The first-order valence-corrected chi connectivity index (χ1v) is 6.15. The standard InChI is InChI=1S/C12H16BrNO/c1-9-2-3-11(8-12(9)13)14-10-4-6-15-7-5-10/h2-3,8,10,14H,4-7H2,1H3. The minimum Gasteiger partial charge on any atom is -0.382 e. The monoisotopic (exact) mass is 269 g/mol. The number of benzene rings is 1. The second-order valence-corrected chi connectivity index (χ2v) is 4.85. The molecule has 1 heterocycles. The van der Waals surface area contributed by atoms with Crippen LogP contribution >= 0.6 is 15.9 Å². The summed E-state index contributed by atoms with van der Waals surface area (Å²) in [5.74, 6) is 0. The van der Waals surface area contributed by atoms with Gasteiger partial charge in [-0.2, -0.15) is 0 Å². The molecule has 82 valence electrons. The van der Waals surface area contributed by atoms with Crippen molar-refractivity contribution in [2.75, 3.05) is 18.5 Å². The Labute approximate surface area is 99.1 Å². The SMILES string of the molecule is Cc1ccc(NC2CCOCC2)cc1Br. The van der Waals surface area contributed by atoms with Crippen LogP contribution in [0.4, 0.5) is 5.69 Å². The molecule has 0 bridgehead atoms. The largest absolute Gasteiger partial charge is 0.382 e. The van der Waals surface area contributed by atoms with Crippen LogP contribution in [-0.2, 0) is 4.74 Å². The van der Waals surface area contributed by atoms with Gasteiger partial charge in [-0.25, -0.2) is 0 Å². The summed E-state index contributed by atoms with van der Waals surface area (Å²) in [5, 5.41) is 3.54. The van der Waals surface area contributed by atoms with Crippen molar-refractivity contribution in [2.24, 2.45) is 0 Å². The molecule has 2 rings (SSSR count). The van der Waals surface area contributed by atoms with E-state index < -0.39 is 0 Å². The van der Waals surface area contributed by atoms with Gasteiger partial charge in [-0.1, -0.05) is 22.0 Å². The van der Waals surface area contributed by atoms with E-state index in [4.69, 9.17) is 4.74 Å². The summed E-state index contributed by atoms with van der Waals surface area (Å²) in [5.41, 5.74) is 2.46. The molecule has 2 nitrogen and oxygen atoms in total. The maximum Gasteiger partial charge on any atom is 0.0485 e. The molecule has 3 heteroatoms. The van der Waals surface area contributed by atoms with E-state index in [1.54, 1.807) is 0 Å². The smallest absolute Gasteiger partial charge is 0.0485 e. The number of anilines is 1. The predicted molar refractivity (Wildman–Crippen MR) is 66.3 cm³/mol. The van der Waals surface area contributed by atoms with Crippen molar-refractivity contribution >= 4 is 21.6 Å². The number of aryl methyl sites for hydroxylation is 1. The molecule has 1 N–H and O–H groups in total. The Morgan fingerprint density at radius 1 is 1.33 bits per heavy atom. The molecule has 0 unspecified atom stereocenters. The Hall–Kier alpha value is -0.540. The molecular formula is C12H16BrNO. The van der Waals surface area contributed by atoms with Crippen LogP contribution in [-0.4, -0.2) is 19.3 Å². The zero-order chi connectivity index (χ0) is 10.7. The fourth-order valence-corrected chi connectivity index (χ4v) is 2.14. The average molecular weight is 270 g/mol. The van der Waals surface area contributed by atoms with Crippen molar-refractivity contribution < 1.29 is 4.74 Å². The highest BCUT2D eigenvalue weighted by atomic mass is 79.9. The lowest BCUT2D eigenvalue weighted by atomic mass is 10.1. The number of rotatable bonds is 2. The Kier molecular flexibility index (Phi) is 3.65. The van der Waals surface area contributed by atoms with Crippen molar-refractivity contribution in [2.45, 2.75) is 25.8 Å². The van der Waals surface area contributed by atoms with Crippen molar-refractivity contribution in [1.82, 2.24) is 0 Å². The van der Waals surface area contributed by atoms with Gasteiger partial charge in [-0.15, -0.1) is 0 Å². The quantitative estimate of drug-likeness (QED) is 0.889. The fraction of sp³-hybridized carbons (Fsp3) is 0.500. The van der Waals surface area contributed by atoms with Crippen LogP contribution < -0.4 is 5.32 Å². The minimum atomic E-state index is 0.563. The number of hydrogen-bond donors (Lipinski definition) is 1. The molecule has 1 saturated heterocycles. The van der Waals surface area contributed by atoms with Crippen molar-refractivity contribution in [3.05, 3.63) is 28.2 Å². The Bertz CT molecular complexity index is 334. The van der Waals surface area contributed by atoms with Crippen LogP contribution in [0.2, 0.25) is 0 Å². The maximum absolute atomic E-state index is 5.33. The summed E-state index contributed by atoms with van der Waals surface area (Å²) in [7, 11) is 0. The van der Waals surface area contributed by atoms with E-state index in [0.717, 1.165) is 26.1 Å². The molecule has 0 aliphatic carbocycles. The number of ether oxygens (including phenoxy) is 1. The lowest BCUT2D eigenvalue weighted by Gasteiger charge is -2.24. The molecule has 1 aliphatic rings. The number of halogens is 1. The molecule has 15 heavy (non-hydrogen) atoms. The summed E-state index contributed by atoms with van der Waals surface area (Å²) in [6, 6.07) is 6.97. The molecule has 1 aromatic carbocycles. The van der Waals surface area contributed by atoms with Crippen LogP contribution in [0.5, 0.6) is 0 Å². The van der Waals surface area contributed by atoms with Gasteiger partial charge in [-0.3, -0.25) is 0 Å². The van der Waals surface area contributed by atoms with E-state index in [0.29, 0.717) is 6.04 Å². The van der Waals surface area contributed by atoms with Gasteiger partial charge in [0, 0.05) is 29.4 Å². The van der Waals surface area contributed by atoms with Crippen molar-refractivity contribution in [1.29, 1.82) is 0 Å². The predicted octanol–water partition coefficient (Wildman–Crippen LogP) is 3.35. The van der Waals surface area contributed by atoms with Gasteiger partial charge in [0.1, 0.15) is 0 Å². The molecule has 0 atom stereocenters. The first-order valence-electron chi connectivity index (χ1n) is 5.36. The van der Waals surface area contributed by atoms with Gasteiger partial charge in [0.05, 0.1) is 0 Å². The molecule has 0 aromatic heterocycles. The minimum absolute atomic E-state index is 0.563. The second-order valence-electron chi connectivity index (χ2n) is 3.99. The first kappa shape index (κ1) is 11.0. The lowest BCUT2D eigenvalue weighted by Crippen LogP contribution is -2.27. The van der Waals surface area contributed by atoms with Gasteiger partial charge < -0.3 is 10.1 Å². The first-order chi connectivity index (χ1) is 7.25. The third-order valence-electron chi connectivity index (χ3n) is 2.76. The van der Waals surface area contributed by atoms with Gasteiger partial charge >= 0.3 is 0 Å². The third-order valence-corrected chi connectivity index (χ3v) is 3.62. The maximum atomic E-state index is 5.33. The molecule has 0 saturated carbocycles. The highest BCUT2D eigenvalue weighted by Crippen LogP contribution is 2.22. The third kappa shape index (κ3) is 2.95. The Balaban J connectivity index is 2.00. The van der Waals surface area contributed by atoms with Gasteiger partial charge in [0.25, 0.3) is 0 Å². The zero-order valence-corrected chi connectivity index (χ0v) is 10.5. The summed E-state index contributed by atoms with van der Waals surface area (Å²) >= 11 is 3.55. The molecular weight excluding hydrogens is 254 g/mol. The topological polar surface area (TPSA) is 21.3 Å². The lowest BCUT2D eigenvalue weighted by molar-refractivity contribution is 0.0904. The summed E-state index contributed by atoms with van der Waals surface area (Å²) in [6.45, 7) is 3.86. The fourth-order valence-electron chi connectivity index (χ4n) is 1.76. The molecule has 0 spiro atoms. The zero-order valence-electron chi connectivity index (χ0n) is 8.92. The van der Waals surface area contributed by atoms with Gasteiger partial charge in [0.15, 0.2) is 0 Å². The molecule has 1 aromatic rings. The second kappa shape index (κ2) is 4.99. The van der Waals surface area contributed by atoms with Crippen molar-refractivity contribution in [3.63, 3.8) is 0 Å². The highest BCUT2D eigenvalue weighted by molar-refractivity contribution is 9.10. The van der Waals surface area contributed by atoms with Crippen LogP contribution in [0, 0.1) is 6.92 Å².